The molecule has 0 saturated carbocycles. The third-order valence-corrected chi connectivity index (χ3v) is 5.96. The zero-order valence-electron chi connectivity index (χ0n) is 15.1. The third-order valence-electron chi connectivity index (χ3n) is 3.91. The van der Waals surface area contributed by atoms with Crippen LogP contribution in [-0.4, -0.2) is 17.1 Å². The van der Waals surface area contributed by atoms with E-state index in [0.29, 0.717) is 12.1 Å². The molecule has 2 aromatic carbocycles. The maximum atomic E-state index is 12.7. The number of carbonyl (C=O) groups excluding carboxylic acids is 2. The highest BCUT2D eigenvalue weighted by atomic mass is 79.9. The largest absolute Gasteiger partial charge is 0.459 e. The average molecular weight is 459 g/mol. The summed E-state index contributed by atoms with van der Waals surface area (Å²) in [5, 5.41) is 5.50. The van der Waals surface area contributed by atoms with E-state index in [1.165, 1.54) is 18.0 Å². The van der Waals surface area contributed by atoms with Gasteiger partial charge in [-0.25, -0.2) is 0 Å². The van der Waals surface area contributed by atoms with Crippen LogP contribution in [0.2, 0.25) is 0 Å². The molecule has 2 N–H and O–H groups in total. The number of nitrogens with one attached hydrogen (secondary N) is 2. The monoisotopic (exact) mass is 458 g/mol. The Morgan fingerprint density at radius 3 is 2.61 bits per heavy atom. The van der Waals surface area contributed by atoms with Crippen molar-refractivity contribution in [3.63, 3.8) is 0 Å². The molecule has 0 aliphatic heterocycles. The molecule has 0 aliphatic rings. The van der Waals surface area contributed by atoms with Crippen LogP contribution in [0.15, 0.2) is 80.7 Å². The Bertz CT molecular complexity index is 960. The molecule has 0 spiro atoms. The van der Waals surface area contributed by atoms with Crippen LogP contribution in [0.4, 0.5) is 11.4 Å². The highest BCUT2D eigenvalue weighted by Crippen LogP contribution is 2.29. The van der Waals surface area contributed by atoms with Crippen molar-refractivity contribution in [3.8, 4) is 0 Å². The molecule has 0 aliphatic carbocycles. The van der Waals surface area contributed by atoms with Crippen molar-refractivity contribution in [2.45, 2.75) is 23.5 Å². The lowest BCUT2D eigenvalue weighted by atomic mass is 10.3. The van der Waals surface area contributed by atoms with Crippen molar-refractivity contribution >= 4 is 50.9 Å². The number of benzene rings is 2. The minimum atomic E-state index is -0.314. The molecule has 0 saturated heterocycles. The molecule has 3 aromatic rings. The molecular weight excluding hydrogens is 440 g/mol. The van der Waals surface area contributed by atoms with Gasteiger partial charge in [0, 0.05) is 15.1 Å². The van der Waals surface area contributed by atoms with Gasteiger partial charge >= 0.3 is 0 Å². The number of hydrogen-bond acceptors (Lipinski definition) is 4. The normalized spacial score (nSPS) is 11.6. The summed E-state index contributed by atoms with van der Waals surface area (Å²) in [5.74, 6) is -0.132. The Kier molecular flexibility index (Phi) is 6.95. The topological polar surface area (TPSA) is 71.3 Å². The second-order valence-corrected chi connectivity index (χ2v) is 8.07. The molecule has 144 valence electrons. The first kappa shape index (κ1) is 20.2. The first-order valence-corrected chi connectivity index (χ1v) is 10.4. The van der Waals surface area contributed by atoms with Gasteiger partial charge in [0.05, 0.1) is 17.2 Å². The SMILES string of the molecule is CCC(Sc1cccc(NC(=O)c2ccco2)c1)C(=O)Nc1ccccc1Br. The molecule has 2 amide bonds. The van der Waals surface area contributed by atoms with Gasteiger partial charge in [0.2, 0.25) is 5.91 Å². The first-order chi connectivity index (χ1) is 13.6. The summed E-state index contributed by atoms with van der Waals surface area (Å²) in [7, 11) is 0. The Labute approximate surface area is 176 Å². The molecule has 0 bridgehead atoms. The van der Waals surface area contributed by atoms with E-state index in [2.05, 4.69) is 26.6 Å². The van der Waals surface area contributed by atoms with E-state index in [4.69, 9.17) is 4.42 Å². The van der Waals surface area contributed by atoms with Crippen LogP contribution in [0.5, 0.6) is 0 Å². The van der Waals surface area contributed by atoms with Crippen LogP contribution < -0.4 is 10.6 Å². The summed E-state index contributed by atoms with van der Waals surface area (Å²) >= 11 is 4.90. The van der Waals surface area contributed by atoms with Gasteiger partial charge in [0.1, 0.15) is 0 Å². The molecule has 1 atom stereocenters. The van der Waals surface area contributed by atoms with E-state index in [-0.39, 0.29) is 22.8 Å². The zero-order valence-corrected chi connectivity index (χ0v) is 17.5. The van der Waals surface area contributed by atoms with E-state index in [1.54, 1.807) is 18.2 Å². The van der Waals surface area contributed by atoms with Gasteiger partial charge in [0.15, 0.2) is 5.76 Å². The first-order valence-electron chi connectivity index (χ1n) is 8.73. The lowest BCUT2D eigenvalue weighted by Crippen LogP contribution is -2.24. The average Bonchev–Trinajstić information content (AvgIpc) is 3.23. The van der Waals surface area contributed by atoms with E-state index in [0.717, 1.165) is 15.1 Å². The van der Waals surface area contributed by atoms with Gasteiger partial charge in [0.25, 0.3) is 5.91 Å². The number of para-hydroxylation sites is 1. The minimum absolute atomic E-state index is 0.0653. The van der Waals surface area contributed by atoms with Crippen molar-refractivity contribution in [3.05, 3.63) is 77.2 Å². The molecule has 1 aromatic heterocycles. The van der Waals surface area contributed by atoms with Crippen molar-refractivity contribution < 1.29 is 14.0 Å². The van der Waals surface area contributed by atoms with Crippen molar-refractivity contribution in [2.75, 3.05) is 10.6 Å². The molecule has 5 nitrogen and oxygen atoms in total. The Morgan fingerprint density at radius 1 is 1.07 bits per heavy atom. The summed E-state index contributed by atoms with van der Waals surface area (Å²) in [4.78, 5) is 25.7. The van der Waals surface area contributed by atoms with E-state index in [9.17, 15) is 9.59 Å². The van der Waals surface area contributed by atoms with Crippen LogP contribution in [0.3, 0.4) is 0 Å². The molecule has 1 unspecified atom stereocenters. The number of amides is 2. The minimum Gasteiger partial charge on any atom is -0.459 e. The van der Waals surface area contributed by atoms with Crippen LogP contribution in [0.25, 0.3) is 0 Å². The molecule has 3 rings (SSSR count). The molecule has 7 heteroatoms. The summed E-state index contributed by atoms with van der Waals surface area (Å²) in [6, 6.07) is 18.2. The summed E-state index contributed by atoms with van der Waals surface area (Å²) in [6.07, 6.45) is 2.13. The smallest absolute Gasteiger partial charge is 0.291 e. The molecule has 0 radical (unpaired) electrons. The number of rotatable bonds is 7. The van der Waals surface area contributed by atoms with Crippen LogP contribution in [0.1, 0.15) is 23.9 Å². The van der Waals surface area contributed by atoms with E-state index < -0.39 is 0 Å². The number of carbonyl (C=O) groups is 2. The van der Waals surface area contributed by atoms with Crippen molar-refractivity contribution in [1.82, 2.24) is 0 Å². The van der Waals surface area contributed by atoms with Gasteiger partial charge in [-0.15, -0.1) is 11.8 Å². The number of hydrogen-bond donors (Lipinski definition) is 2. The van der Waals surface area contributed by atoms with Gasteiger partial charge in [-0.3, -0.25) is 9.59 Å². The second kappa shape index (κ2) is 9.61. The number of halogens is 1. The Balaban J connectivity index is 1.66. The van der Waals surface area contributed by atoms with Crippen LogP contribution in [0, 0.1) is 0 Å². The second-order valence-electron chi connectivity index (χ2n) is 5.94. The van der Waals surface area contributed by atoms with Gasteiger partial charge in [-0.1, -0.05) is 25.1 Å². The summed E-state index contributed by atoms with van der Waals surface area (Å²) in [5.41, 5.74) is 1.39. The van der Waals surface area contributed by atoms with Crippen molar-refractivity contribution in [1.29, 1.82) is 0 Å². The Hall–Kier alpha value is -2.51. The predicted molar refractivity (Wildman–Crippen MR) is 116 cm³/mol. The fourth-order valence-corrected chi connectivity index (χ4v) is 3.91. The molecule has 0 fully saturated rings. The molecular formula is C21H19BrN2O3S. The zero-order chi connectivity index (χ0) is 19.9. The number of anilines is 2. The number of thioether (sulfide) groups is 1. The standard InChI is InChI=1S/C21H19BrN2O3S/c1-2-19(21(26)24-17-10-4-3-9-16(17)22)28-15-8-5-7-14(13-15)23-20(25)18-11-6-12-27-18/h3-13,19H,2H2,1H3,(H,23,25)(H,24,26). The quantitative estimate of drug-likeness (QED) is 0.438. The van der Waals surface area contributed by atoms with E-state index in [1.807, 2.05) is 49.4 Å². The van der Waals surface area contributed by atoms with Gasteiger partial charge in [-0.2, -0.15) is 0 Å². The van der Waals surface area contributed by atoms with Crippen molar-refractivity contribution in [2.24, 2.45) is 0 Å². The maximum absolute atomic E-state index is 12.7. The van der Waals surface area contributed by atoms with E-state index >= 15 is 0 Å². The lowest BCUT2D eigenvalue weighted by molar-refractivity contribution is -0.115. The van der Waals surface area contributed by atoms with Gasteiger partial charge < -0.3 is 15.1 Å². The highest BCUT2D eigenvalue weighted by molar-refractivity contribution is 9.10. The summed E-state index contributed by atoms with van der Waals surface area (Å²) < 4.78 is 5.94. The highest BCUT2D eigenvalue weighted by Gasteiger charge is 2.19. The number of furan rings is 1. The van der Waals surface area contributed by atoms with Crippen LogP contribution in [-0.2, 0) is 4.79 Å². The van der Waals surface area contributed by atoms with Crippen LogP contribution >= 0.6 is 27.7 Å². The fraction of sp³-hybridized carbons (Fsp3) is 0.143. The van der Waals surface area contributed by atoms with Gasteiger partial charge in [-0.05, 0) is 64.8 Å². The lowest BCUT2D eigenvalue weighted by Gasteiger charge is -2.16. The summed E-state index contributed by atoms with van der Waals surface area (Å²) in [6.45, 7) is 1.97. The third kappa shape index (κ3) is 5.27. The maximum Gasteiger partial charge on any atom is 0.291 e. The molecule has 28 heavy (non-hydrogen) atoms. The fourth-order valence-electron chi connectivity index (χ4n) is 2.51. The Morgan fingerprint density at radius 2 is 1.89 bits per heavy atom. The predicted octanol–water partition coefficient (Wildman–Crippen LogP) is 5.80. The molecule has 1 heterocycles.